The van der Waals surface area contributed by atoms with E-state index in [2.05, 4.69) is 20.6 Å². The maximum absolute atomic E-state index is 12.3. The largest absolute Gasteiger partial charge is 0.495 e. The molecule has 0 atom stereocenters. The van der Waals surface area contributed by atoms with Gasteiger partial charge in [0.15, 0.2) is 0 Å². The molecule has 1 saturated carbocycles. The van der Waals surface area contributed by atoms with Crippen molar-refractivity contribution in [2.75, 3.05) is 12.4 Å². The molecule has 1 aromatic carbocycles. The van der Waals surface area contributed by atoms with Gasteiger partial charge in [-0.2, -0.15) is 0 Å². The van der Waals surface area contributed by atoms with Gasteiger partial charge in [0.1, 0.15) is 23.6 Å². The summed E-state index contributed by atoms with van der Waals surface area (Å²) in [6.07, 6.45) is 5.83. The van der Waals surface area contributed by atoms with Crippen molar-refractivity contribution in [2.24, 2.45) is 0 Å². The highest BCUT2D eigenvalue weighted by molar-refractivity contribution is 5.93. The molecule has 1 aromatic heterocycles. The molecule has 6 heteroatoms. The molecular weight excluding hydrogens is 292 g/mol. The van der Waals surface area contributed by atoms with Crippen LogP contribution in [-0.4, -0.2) is 29.0 Å². The van der Waals surface area contributed by atoms with Gasteiger partial charge >= 0.3 is 0 Å². The molecule has 1 heterocycles. The number of anilines is 2. The van der Waals surface area contributed by atoms with Crippen LogP contribution in [0.1, 0.15) is 36.2 Å². The van der Waals surface area contributed by atoms with E-state index in [0.717, 1.165) is 18.5 Å². The van der Waals surface area contributed by atoms with Crippen molar-refractivity contribution in [2.45, 2.75) is 31.7 Å². The molecule has 2 aromatic rings. The number of carbonyl (C=O) groups excluding carboxylic acids is 1. The molecule has 23 heavy (non-hydrogen) atoms. The van der Waals surface area contributed by atoms with E-state index in [9.17, 15) is 4.79 Å². The SMILES string of the molecule is COc1ccccc1Nc1cc(C(=O)NC2CCCC2)ncn1. The Morgan fingerprint density at radius 3 is 2.78 bits per heavy atom. The van der Waals surface area contributed by atoms with Gasteiger partial charge in [-0.1, -0.05) is 25.0 Å². The first-order valence-corrected chi connectivity index (χ1v) is 7.79. The first-order valence-electron chi connectivity index (χ1n) is 7.79. The molecule has 1 fully saturated rings. The Morgan fingerprint density at radius 1 is 1.22 bits per heavy atom. The van der Waals surface area contributed by atoms with Crippen LogP contribution < -0.4 is 15.4 Å². The molecule has 3 rings (SSSR count). The zero-order valence-electron chi connectivity index (χ0n) is 13.1. The van der Waals surface area contributed by atoms with Crippen LogP contribution in [0.3, 0.4) is 0 Å². The molecule has 0 aliphatic heterocycles. The molecule has 0 bridgehead atoms. The molecule has 1 amide bonds. The van der Waals surface area contributed by atoms with Crippen molar-refractivity contribution in [1.82, 2.24) is 15.3 Å². The Morgan fingerprint density at radius 2 is 2.00 bits per heavy atom. The summed E-state index contributed by atoms with van der Waals surface area (Å²) in [5, 5.41) is 6.18. The smallest absolute Gasteiger partial charge is 0.270 e. The molecule has 120 valence electrons. The standard InChI is InChI=1S/C17H20N4O2/c1-23-15-9-5-4-8-13(15)21-16-10-14(18-11-19-16)17(22)20-12-6-2-3-7-12/h4-5,8-12H,2-3,6-7H2,1H3,(H,20,22)(H,18,19,21). The molecule has 1 aliphatic rings. The third-order valence-corrected chi connectivity index (χ3v) is 3.96. The Bertz CT molecular complexity index is 684. The Labute approximate surface area is 135 Å². The quantitative estimate of drug-likeness (QED) is 0.888. The number of amides is 1. The molecule has 0 unspecified atom stereocenters. The lowest BCUT2D eigenvalue weighted by Gasteiger charge is -2.13. The third kappa shape index (κ3) is 3.77. The van der Waals surface area contributed by atoms with E-state index in [0.29, 0.717) is 17.3 Å². The first kappa shape index (κ1) is 15.3. The van der Waals surface area contributed by atoms with E-state index in [1.165, 1.54) is 19.2 Å². The number of ether oxygens (including phenoxy) is 1. The lowest BCUT2D eigenvalue weighted by atomic mass is 10.2. The molecule has 1 aliphatic carbocycles. The fourth-order valence-corrected chi connectivity index (χ4v) is 2.77. The van der Waals surface area contributed by atoms with E-state index in [1.54, 1.807) is 13.2 Å². The second kappa shape index (κ2) is 7.09. The van der Waals surface area contributed by atoms with Crippen molar-refractivity contribution in [3.05, 3.63) is 42.4 Å². The van der Waals surface area contributed by atoms with E-state index in [4.69, 9.17) is 4.74 Å². The predicted octanol–water partition coefficient (Wildman–Crippen LogP) is 2.90. The van der Waals surface area contributed by atoms with Crippen LogP contribution in [0.15, 0.2) is 36.7 Å². The van der Waals surface area contributed by atoms with E-state index in [-0.39, 0.29) is 11.9 Å². The fourth-order valence-electron chi connectivity index (χ4n) is 2.77. The lowest BCUT2D eigenvalue weighted by Crippen LogP contribution is -2.33. The number of nitrogens with zero attached hydrogens (tertiary/aromatic N) is 2. The van der Waals surface area contributed by atoms with Gasteiger partial charge in [-0.05, 0) is 25.0 Å². The van der Waals surface area contributed by atoms with Gasteiger partial charge in [0.05, 0.1) is 12.8 Å². The molecule has 6 nitrogen and oxygen atoms in total. The van der Waals surface area contributed by atoms with Crippen LogP contribution in [0.2, 0.25) is 0 Å². The highest BCUT2D eigenvalue weighted by atomic mass is 16.5. The number of hydrogen-bond donors (Lipinski definition) is 2. The summed E-state index contributed by atoms with van der Waals surface area (Å²) < 4.78 is 5.30. The second-order valence-electron chi connectivity index (χ2n) is 5.57. The number of carbonyl (C=O) groups is 1. The van der Waals surface area contributed by atoms with Crippen molar-refractivity contribution >= 4 is 17.4 Å². The van der Waals surface area contributed by atoms with Gasteiger partial charge in [-0.25, -0.2) is 9.97 Å². The fraction of sp³-hybridized carbons (Fsp3) is 0.353. The minimum absolute atomic E-state index is 0.151. The average Bonchev–Trinajstić information content (AvgIpc) is 3.08. The molecule has 0 radical (unpaired) electrons. The Balaban J connectivity index is 1.73. The number of benzene rings is 1. The highest BCUT2D eigenvalue weighted by Gasteiger charge is 2.19. The minimum Gasteiger partial charge on any atom is -0.495 e. The first-order chi connectivity index (χ1) is 11.3. The summed E-state index contributed by atoms with van der Waals surface area (Å²) in [5.41, 5.74) is 1.15. The van der Waals surface area contributed by atoms with Gasteiger partial charge < -0.3 is 15.4 Å². The predicted molar refractivity (Wildman–Crippen MR) is 88.0 cm³/mol. The van der Waals surface area contributed by atoms with Crippen molar-refractivity contribution in [3.63, 3.8) is 0 Å². The lowest BCUT2D eigenvalue weighted by molar-refractivity contribution is 0.0932. The Hall–Kier alpha value is -2.63. The zero-order valence-corrected chi connectivity index (χ0v) is 13.1. The van der Waals surface area contributed by atoms with Crippen LogP contribution in [0.5, 0.6) is 5.75 Å². The maximum atomic E-state index is 12.3. The van der Waals surface area contributed by atoms with Crippen LogP contribution in [0.4, 0.5) is 11.5 Å². The van der Waals surface area contributed by atoms with E-state index in [1.807, 2.05) is 24.3 Å². The number of nitrogens with one attached hydrogen (secondary N) is 2. The second-order valence-corrected chi connectivity index (χ2v) is 5.57. The summed E-state index contributed by atoms with van der Waals surface area (Å²) >= 11 is 0. The summed E-state index contributed by atoms with van der Waals surface area (Å²) in [7, 11) is 1.61. The minimum atomic E-state index is -0.151. The molecule has 0 spiro atoms. The maximum Gasteiger partial charge on any atom is 0.270 e. The van der Waals surface area contributed by atoms with Crippen LogP contribution in [-0.2, 0) is 0 Å². The summed E-state index contributed by atoms with van der Waals surface area (Å²) in [6.45, 7) is 0. The molecule has 0 saturated heterocycles. The van der Waals surface area contributed by atoms with Crippen LogP contribution in [0.25, 0.3) is 0 Å². The summed E-state index contributed by atoms with van der Waals surface area (Å²) in [6, 6.07) is 9.46. The van der Waals surface area contributed by atoms with Gasteiger partial charge in [-0.15, -0.1) is 0 Å². The normalized spacial score (nSPS) is 14.5. The summed E-state index contributed by atoms with van der Waals surface area (Å²) in [4.78, 5) is 20.5. The number of rotatable bonds is 5. The van der Waals surface area contributed by atoms with Gasteiger partial charge in [0, 0.05) is 12.1 Å². The van der Waals surface area contributed by atoms with Gasteiger partial charge in [0.2, 0.25) is 0 Å². The Kier molecular flexibility index (Phi) is 4.71. The van der Waals surface area contributed by atoms with Crippen LogP contribution >= 0.6 is 0 Å². The topological polar surface area (TPSA) is 76.1 Å². The summed E-state index contributed by atoms with van der Waals surface area (Å²) in [5.74, 6) is 1.12. The van der Waals surface area contributed by atoms with Gasteiger partial charge in [0.25, 0.3) is 5.91 Å². The van der Waals surface area contributed by atoms with Crippen molar-refractivity contribution < 1.29 is 9.53 Å². The molecular formula is C17H20N4O2. The van der Waals surface area contributed by atoms with E-state index < -0.39 is 0 Å². The third-order valence-electron chi connectivity index (χ3n) is 3.96. The number of aromatic nitrogens is 2. The number of methoxy groups -OCH3 is 1. The van der Waals surface area contributed by atoms with Crippen molar-refractivity contribution in [1.29, 1.82) is 0 Å². The highest BCUT2D eigenvalue weighted by Crippen LogP contribution is 2.26. The van der Waals surface area contributed by atoms with Crippen LogP contribution in [0, 0.1) is 0 Å². The number of para-hydroxylation sites is 2. The average molecular weight is 312 g/mol. The zero-order chi connectivity index (χ0) is 16.1. The van der Waals surface area contributed by atoms with Crippen molar-refractivity contribution in [3.8, 4) is 5.75 Å². The molecule has 2 N–H and O–H groups in total. The van der Waals surface area contributed by atoms with E-state index >= 15 is 0 Å². The van der Waals surface area contributed by atoms with Gasteiger partial charge in [-0.3, -0.25) is 4.79 Å². The number of hydrogen-bond acceptors (Lipinski definition) is 5. The monoisotopic (exact) mass is 312 g/mol.